The third-order valence-electron chi connectivity index (χ3n) is 3.66. The van der Waals surface area contributed by atoms with Crippen molar-refractivity contribution in [2.24, 2.45) is 4.99 Å². The highest BCUT2D eigenvalue weighted by molar-refractivity contribution is 6.00. The van der Waals surface area contributed by atoms with Crippen LogP contribution < -0.4 is 10.6 Å². The molecule has 1 aliphatic rings. The van der Waals surface area contributed by atoms with Gasteiger partial charge in [-0.05, 0) is 30.7 Å². The van der Waals surface area contributed by atoms with E-state index in [0.717, 1.165) is 17.2 Å². The Labute approximate surface area is 130 Å². The molecule has 0 saturated carbocycles. The largest absolute Gasteiger partial charge is 0.344 e. The van der Waals surface area contributed by atoms with Crippen LogP contribution >= 0.6 is 0 Å². The van der Waals surface area contributed by atoms with E-state index in [9.17, 15) is 4.79 Å². The number of benzene rings is 2. The Balaban J connectivity index is 1.52. The molecule has 0 fully saturated rings. The van der Waals surface area contributed by atoms with Crippen molar-refractivity contribution in [2.45, 2.75) is 26.3 Å². The van der Waals surface area contributed by atoms with Gasteiger partial charge in [-0.1, -0.05) is 35.9 Å². The maximum absolute atomic E-state index is 12.0. The third kappa shape index (κ3) is 3.52. The lowest BCUT2D eigenvalue weighted by Crippen LogP contribution is -2.20. The maximum Gasteiger partial charge on any atom is 0.224 e. The van der Waals surface area contributed by atoms with E-state index in [0.29, 0.717) is 19.4 Å². The second-order valence-electron chi connectivity index (χ2n) is 5.46. The van der Waals surface area contributed by atoms with Crippen LogP contribution in [0.15, 0.2) is 53.5 Å². The smallest absolute Gasteiger partial charge is 0.224 e. The molecule has 22 heavy (non-hydrogen) atoms. The molecule has 1 amide bonds. The maximum atomic E-state index is 12.0. The van der Waals surface area contributed by atoms with Crippen molar-refractivity contribution in [2.75, 3.05) is 10.6 Å². The number of carbonyl (C=O) groups is 1. The predicted molar refractivity (Wildman–Crippen MR) is 90.2 cm³/mol. The van der Waals surface area contributed by atoms with E-state index in [1.165, 1.54) is 11.1 Å². The van der Waals surface area contributed by atoms with Crippen LogP contribution in [0, 0.1) is 6.92 Å². The molecule has 2 aromatic rings. The number of anilines is 2. The van der Waals surface area contributed by atoms with Gasteiger partial charge < -0.3 is 10.6 Å². The van der Waals surface area contributed by atoms with Gasteiger partial charge in [0.1, 0.15) is 5.84 Å². The number of para-hydroxylation sites is 1. The molecule has 4 heteroatoms. The first kappa shape index (κ1) is 14.3. The lowest BCUT2D eigenvalue weighted by molar-refractivity contribution is -0.116. The molecule has 0 unspecified atom stereocenters. The summed E-state index contributed by atoms with van der Waals surface area (Å²) in [6.07, 6.45) is 1.04. The lowest BCUT2D eigenvalue weighted by atomic mass is 10.1. The molecule has 2 aromatic carbocycles. The monoisotopic (exact) mass is 293 g/mol. The number of fused-ring (bicyclic) bond motifs is 1. The first-order valence-corrected chi connectivity index (χ1v) is 7.45. The van der Waals surface area contributed by atoms with Crippen molar-refractivity contribution in [3.63, 3.8) is 0 Å². The fourth-order valence-corrected chi connectivity index (χ4v) is 2.39. The van der Waals surface area contributed by atoms with E-state index < -0.39 is 0 Å². The zero-order valence-electron chi connectivity index (χ0n) is 12.6. The minimum atomic E-state index is 0.00668. The average Bonchev–Trinajstić information content (AvgIpc) is 2.55. The van der Waals surface area contributed by atoms with E-state index in [1.54, 1.807) is 0 Å². The number of aliphatic imine (C=N–C) groups is 1. The summed E-state index contributed by atoms with van der Waals surface area (Å²) in [5.74, 6) is 0.880. The summed E-state index contributed by atoms with van der Waals surface area (Å²) < 4.78 is 0. The highest BCUT2D eigenvalue weighted by Gasteiger charge is 2.12. The molecule has 0 radical (unpaired) electrons. The van der Waals surface area contributed by atoms with E-state index >= 15 is 0 Å². The van der Waals surface area contributed by atoms with Gasteiger partial charge >= 0.3 is 0 Å². The molecule has 112 valence electrons. The van der Waals surface area contributed by atoms with Gasteiger partial charge in [0.15, 0.2) is 0 Å². The summed E-state index contributed by atoms with van der Waals surface area (Å²) in [6.45, 7) is 2.70. The van der Waals surface area contributed by atoms with Gasteiger partial charge in [-0.15, -0.1) is 0 Å². The average molecular weight is 293 g/mol. The molecule has 0 saturated heterocycles. The van der Waals surface area contributed by atoms with Crippen molar-refractivity contribution in [1.29, 1.82) is 0 Å². The van der Waals surface area contributed by atoms with Crippen LogP contribution in [0.3, 0.4) is 0 Å². The molecular formula is C18H19N3O. The quantitative estimate of drug-likeness (QED) is 0.902. The molecule has 2 N–H and O–H groups in total. The van der Waals surface area contributed by atoms with Gasteiger partial charge in [0.25, 0.3) is 0 Å². The normalized spacial score (nSPS) is 12.9. The van der Waals surface area contributed by atoms with Crippen molar-refractivity contribution >= 4 is 23.1 Å². The van der Waals surface area contributed by atoms with Gasteiger partial charge in [-0.25, -0.2) is 0 Å². The van der Waals surface area contributed by atoms with Crippen LogP contribution in [0.2, 0.25) is 0 Å². The fourth-order valence-electron chi connectivity index (χ4n) is 2.39. The molecule has 3 rings (SSSR count). The van der Waals surface area contributed by atoms with Crippen LogP contribution in [0.4, 0.5) is 11.4 Å². The molecule has 1 heterocycles. The lowest BCUT2D eigenvalue weighted by Gasteiger charge is -2.18. The van der Waals surface area contributed by atoms with Gasteiger partial charge in [-0.3, -0.25) is 9.79 Å². The summed E-state index contributed by atoms with van der Waals surface area (Å²) in [5.41, 5.74) is 4.29. The standard InChI is InChI=1S/C18H19N3O/c1-13-6-8-15(9-7-13)20-18(22)11-10-17-19-12-14-4-2-3-5-16(14)21-17/h2-9H,10-12H2,1H3,(H,19,21)(H,20,22). The Kier molecular flexibility index (Phi) is 4.19. The van der Waals surface area contributed by atoms with Crippen molar-refractivity contribution in [3.05, 3.63) is 59.7 Å². The minimum Gasteiger partial charge on any atom is -0.344 e. The van der Waals surface area contributed by atoms with Crippen LogP contribution in [-0.2, 0) is 11.3 Å². The summed E-state index contributed by atoms with van der Waals surface area (Å²) in [4.78, 5) is 16.5. The fraction of sp³-hybridized carbons (Fsp3) is 0.222. The van der Waals surface area contributed by atoms with Gasteiger partial charge in [0.2, 0.25) is 5.91 Å². The predicted octanol–water partition coefficient (Wildman–Crippen LogP) is 3.74. The number of rotatable bonds is 4. The zero-order valence-corrected chi connectivity index (χ0v) is 12.6. The van der Waals surface area contributed by atoms with Crippen LogP contribution in [0.25, 0.3) is 0 Å². The van der Waals surface area contributed by atoms with E-state index in [-0.39, 0.29) is 5.91 Å². The SMILES string of the molecule is Cc1ccc(NC(=O)CCC2=NCc3ccccc3N2)cc1. The van der Waals surface area contributed by atoms with Crippen molar-refractivity contribution in [3.8, 4) is 0 Å². The van der Waals surface area contributed by atoms with Crippen molar-refractivity contribution in [1.82, 2.24) is 0 Å². The number of carbonyl (C=O) groups excluding carboxylic acids is 1. The molecule has 0 aliphatic carbocycles. The molecule has 4 nitrogen and oxygen atoms in total. The molecule has 0 spiro atoms. The molecular weight excluding hydrogens is 274 g/mol. The summed E-state index contributed by atoms with van der Waals surface area (Å²) in [5, 5.41) is 6.20. The first-order chi connectivity index (χ1) is 10.7. The summed E-state index contributed by atoms with van der Waals surface area (Å²) >= 11 is 0. The number of nitrogens with one attached hydrogen (secondary N) is 2. The Morgan fingerprint density at radius 1 is 1.18 bits per heavy atom. The Hall–Kier alpha value is -2.62. The summed E-state index contributed by atoms with van der Waals surface area (Å²) in [7, 11) is 0. The number of amidine groups is 1. The van der Waals surface area contributed by atoms with E-state index in [2.05, 4.69) is 21.7 Å². The van der Waals surface area contributed by atoms with E-state index in [4.69, 9.17) is 0 Å². The Bertz CT molecular complexity index is 705. The number of aryl methyl sites for hydroxylation is 1. The minimum absolute atomic E-state index is 0.00668. The highest BCUT2D eigenvalue weighted by atomic mass is 16.1. The Morgan fingerprint density at radius 3 is 2.77 bits per heavy atom. The molecule has 1 aliphatic heterocycles. The third-order valence-corrected chi connectivity index (χ3v) is 3.66. The molecule has 0 aromatic heterocycles. The first-order valence-electron chi connectivity index (χ1n) is 7.45. The van der Waals surface area contributed by atoms with Crippen LogP contribution in [-0.4, -0.2) is 11.7 Å². The number of hydrogen-bond donors (Lipinski definition) is 2. The second kappa shape index (κ2) is 6.43. The van der Waals surface area contributed by atoms with Gasteiger partial charge in [0, 0.05) is 24.2 Å². The van der Waals surface area contributed by atoms with Crippen molar-refractivity contribution < 1.29 is 4.79 Å². The number of nitrogens with zero attached hydrogens (tertiary/aromatic N) is 1. The van der Waals surface area contributed by atoms with Gasteiger partial charge in [0.05, 0.1) is 6.54 Å². The number of hydrogen-bond acceptors (Lipinski definition) is 3. The summed E-state index contributed by atoms with van der Waals surface area (Å²) in [6, 6.07) is 15.9. The topological polar surface area (TPSA) is 53.5 Å². The molecule has 0 bridgehead atoms. The van der Waals surface area contributed by atoms with E-state index in [1.807, 2.05) is 49.4 Å². The van der Waals surface area contributed by atoms with Crippen LogP contribution in [0.1, 0.15) is 24.0 Å². The Morgan fingerprint density at radius 2 is 1.95 bits per heavy atom. The second-order valence-corrected chi connectivity index (χ2v) is 5.46. The van der Waals surface area contributed by atoms with Crippen LogP contribution in [0.5, 0.6) is 0 Å². The number of amides is 1. The molecule has 0 atom stereocenters. The van der Waals surface area contributed by atoms with Gasteiger partial charge in [-0.2, -0.15) is 0 Å². The zero-order chi connectivity index (χ0) is 15.4. The highest BCUT2D eigenvalue weighted by Crippen LogP contribution is 2.20.